The highest BCUT2D eigenvalue weighted by molar-refractivity contribution is 7.99. The zero-order chi connectivity index (χ0) is 19.9. The maximum Gasteiger partial charge on any atom is 0.255 e. The van der Waals surface area contributed by atoms with E-state index in [0.29, 0.717) is 16.4 Å². The quantitative estimate of drug-likeness (QED) is 0.599. The zero-order valence-electron chi connectivity index (χ0n) is 15.7. The molecule has 0 atom stereocenters. The Morgan fingerprint density at radius 1 is 1.00 bits per heavy atom. The van der Waals surface area contributed by atoms with Crippen LogP contribution in [-0.4, -0.2) is 32.3 Å². The molecule has 144 valence electrons. The van der Waals surface area contributed by atoms with Gasteiger partial charge >= 0.3 is 0 Å². The first-order valence-corrected chi connectivity index (χ1v) is 9.80. The molecule has 0 fully saturated rings. The number of hydrogen-bond acceptors (Lipinski definition) is 5. The normalized spacial score (nSPS) is 10.5. The molecule has 2 aromatic carbocycles. The fourth-order valence-electron chi connectivity index (χ4n) is 2.46. The van der Waals surface area contributed by atoms with E-state index in [2.05, 4.69) is 27.8 Å². The van der Waals surface area contributed by atoms with Gasteiger partial charge in [-0.15, -0.1) is 10.2 Å². The van der Waals surface area contributed by atoms with Crippen molar-refractivity contribution in [2.45, 2.75) is 18.5 Å². The van der Waals surface area contributed by atoms with Crippen molar-refractivity contribution in [3.05, 3.63) is 66.0 Å². The Hall–Kier alpha value is -3.13. The number of benzene rings is 2. The molecule has 0 spiro atoms. The Bertz CT molecular complexity index is 951. The second kappa shape index (κ2) is 9.18. The SMILES string of the molecule is CCc1ccc(NC(=O)c2ccc(NC(=O)CSc3nncn3C)cc2)cc1. The number of carbonyl (C=O) groups is 2. The van der Waals surface area contributed by atoms with Gasteiger partial charge in [0, 0.05) is 24.0 Å². The molecular weight excluding hydrogens is 374 g/mol. The summed E-state index contributed by atoms with van der Waals surface area (Å²) in [7, 11) is 1.82. The summed E-state index contributed by atoms with van der Waals surface area (Å²) in [6.07, 6.45) is 2.54. The molecule has 0 aliphatic carbocycles. The molecule has 2 N–H and O–H groups in total. The third-order valence-electron chi connectivity index (χ3n) is 4.05. The van der Waals surface area contributed by atoms with Crippen LogP contribution in [0.15, 0.2) is 60.0 Å². The fourth-order valence-corrected chi connectivity index (χ4v) is 3.15. The second-order valence-electron chi connectivity index (χ2n) is 6.14. The lowest BCUT2D eigenvalue weighted by Gasteiger charge is -2.08. The minimum atomic E-state index is -0.194. The molecule has 0 radical (unpaired) electrons. The van der Waals surface area contributed by atoms with Crippen LogP contribution in [0.25, 0.3) is 0 Å². The first-order chi connectivity index (χ1) is 13.5. The van der Waals surface area contributed by atoms with Crippen LogP contribution < -0.4 is 10.6 Å². The monoisotopic (exact) mass is 395 g/mol. The number of aromatic nitrogens is 3. The first-order valence-electron chi connectivity index (χ1n) is 8.82. The minimum absolute atomic E-state index is 0.152. The molecule has 8 heteroatoms. The van der Waals surface area contributed by atoms with Gasteiger partial charge in [-0.3, -0.25) is 9.59 Å². The number of carbonyl (C=O) groups excluding carboxylic acids is 2. The predicted molar refractivity (Wildman–Crippen MR) is 111 cm³/mol. The first kappa shape index (κ1) is 19.6. The molecule has 0 bridgehead atoms. The molecule has 7 nitrogen and oxygen atoms in total. The summed E-state index contributed by atoms with van der Waals surface area (Å²) in [6, 6.07) is 14.5. The Morgan fingerprint density at radius 2 is 1.64 bits per heavy atom. The van der Waals surface area contributed by atoms with Crippen molar-refractivity contribution in [1.82, 2.24) is 14.8 Å². The highest BCUT2D eigenvalue weighted by atomic mass is 32.2. The van der Waals surface area contributed by atoms with Gasteiger partial charge in [0.2, 0.25) is 5.91 Å². The second-order valence-corrected chi connectivity index (χ2v) is 7.09. The highest BCUT2D eigenvalue weighted by Gasteiger charge is 2.09. The summed E-state index contributed by atoms with van der Waals surface area (Å²) >= 11 is 1.31. The Labute approximate surface area is 167 Å². The van der Waals surface area contributed by atoms with Crippen LogP contribution in [0.2, 0.25) is 0 Å². The Kier molecular flexibility index (Phi) is 6.44. The zero-order valence-corrected chi connectivity index (χ0v) is 16.5. The summed E-state index contributed by atoms with van der Waals surface area (Å²) in [5, 5.41) is 14.0. The van der Waals surface area contributed by atoms with Crippen molar-refractivity contribution < 1.29 is 9.59 Å². The topological polar surface area (TPSA) is 88.9 Å². The molecule has 3 rings (SSSR count). The summed E-state index contributed by atoms with van der Waals surface area (Å²) < 4.78 is 1.75. The average molecular weight is 395 g/mol. The van der Waals surface area contributed by atoms with Gasteiger partial charge in [0.25, 0.3) is 5.91 Å². The maximum absolute atomic E-state index is 12.4. The number of aryl methyl sites for hydroxylation is 2. The van der Waals surface area contributed by atoms with Gasteiger partial charge in [-0.2, -0.15) is 0 Å². The van der Waals surface area contributed by atoms with Crippen LogP contribution in [0, 0.1) is 0 Å². The van der Waals surface area contributed by atoms with Gasteiger partial charge < -0.3 is 15.2 Å². The standard InChI is InChI=1S/C20H21N5O2S/c1-3-14-4-8-17(9-5-14)23-19(27)15-6-10-16(11-7-15)22-18(26)12-28-20-24-21-13-25(20)2/h4-11,13H,3,12H2,1-2H3,(H,22,26)(H,23,27). The predicted octanol–water partition coefficient (Wildman–Crippen LogP) is 3.36. The number of rotatable bonds is 7. The van der Waals surface area contributed by atoms with Crippen LogP contribution in [0.3, 0.4) is 0 Å². The lowest BCUT2D eigenvalue weighted by Crippen LogP contribution is -2.15. The molecule has 3 aromatic rings. The molecule has 0 saturated carbocycles. The third-order valence-corrected chi connectivity index (χ3v) is 5.09. The van der Waals surface area contributed by atoms with Crippen LogP contribution in [0.5, 0.6) is 0 Å². The molecule has 0 aliphatic heterocycles. The lowest BCUT2D eigenvalue weighted by atomic mass is 10.1. The van der Waals surface area contributed by atoms with E-state index < -0.39 is 0 Å². The van der Waals surface area contributed by atoms with E-state index in [4.69, 9.17) is 0 Å². The van der Waals surface area contributed by atoms with Gasteiger partial charge in [-0.1, -0.05) is 30.8 Å². The number of amides is 2. The molecule has 1 aromatic heterocycles. The van der Waals surface area contributed by atoms with E-state index in [1.54, 1.807) is 35.2 Å². The molecular formula is C20H21N5O2S. The van der Waals surface area contributed by atoms with E-state index in [-0.39, 0.29) is 17.6 Å². The Balaban J connectivity index is 1.52. The van der Waals surface area contributed by atoms with Gasteiger partial charge in [0.05, 0.1) is 5.75 Å². The molecule has 2 amide bonds. The maximum atomic E-state index is 12.4. The van der Waals surface area contributed by atoms with E-state index in [0.717, 1.165) is 12.1 Å². The van der Waals surface area contributed by atoms with E-state index >= 15 is 0 Å². The number of nitrogens with zero attached hydrogens (tertiary/aromatic N) is 3. The number of nitrogens with one attached hydrogen (secondary N) is 2. The van der Waals surface area contributed by atoms with Gasteiger partial charge in [0.15, 0.2) is 5.16 Å². The summed E-state index contributed by atoms with van der Waals surface area (Å²) in [4.78, 5) is 24.4. The van der Waals surface area contributed by atoms with Crippen LogP contribution >= 0.6 is 11.8 Å². The van der Waals surface area contributed by atoms with Gasteiger partial charge in [-0.25, -0.2) is 0 Å². The fraction of sp³-hybridized carbons (Fsp3) is 0.200. The minimum Gasteiger partial charge on any atom is -0.325 e. The molecule has 0 unspecified atom stereocenters. The molecule has 0 saturated heterocycles. The van der Waals surface area contributed by atoms with Gasteiger partial charge in [0.1, 0.15) is 6.33 Å². The summed E-state index contributed by atoms with van der Waals surface area (Å²) in [6.45, 7) is 2.09. The van der Waals surface area contributed by atoms with Crippen LogP contribution in [0.4, 0.5) is 11.4 Å². The smallest absolute Gasteiger partial charge is 0.255 e. The van der Waals surface area contributed by atoms with Crippen LogP contribution in [0.1, 0.15) is 22.8 Å². The summed E-state index contributed by atoms with van der Waals surface area (Å²) in [5.74, 6) is -0.121. The van der Waals surface area contributed by atoms with E-state index in [1.807, 2.05) is 31.3 Å². The Morgan fingerprint density at radius 3 is 2.25 bits per heavy atom. The number of hydrogen-bond donors (Lipinski definition) is 2. The molecule has 0 aliphatic rings. The van der Waals surface area contributed by atoms with Crippen molar-refractivity contribution in [2.24, 2.45) is 7.05 Å². The summed E-state index contributed by atoms with van der Waals surface area (Å²) in [5.41, 5.74) is 3.12. The number of thioether (sulfide) groups is 1. The largest absolute Gasteiger partial charge is 0.325 e. The molecule has 1 heterocycles. The average Bonchev–Trinajstić information content (AvgIpc) is 3.12. The highest BCUT2D eigenvalue weighted by Crippen LogP contribution is 2.16. The lowest BCUT2D eigenvalue weighted by molar-refractivity contribution is -0.113. The van der Waals surface area contributed by atoms with Crippen molar-refractivity contribution in [3.63, 3.8) is 0 Å². The van der Waals surface area contributed by atoms with Crippen molar-refractivity contribution >= 4 is 35.0 Å². The third kappa shape index (κ3) is 5.20. The van der Waals surface area contributed by atoms with Crippen molar-refractivity contribution in [3.8, 4) is 0 Å². The van der Waals surface area contributed by atoms with E-state index in [1.165, 1.54) is 17.3 Å². The molecule has 28 heavy (non-hydrogen) atoms. The number of anilines is 2. The van der Waals surface area contributed by atoms with Crippen LogP contribution in [-0.2, 0) is 18.3 Å². The van der Waals surface area contributed by atoms with Crippen molar-refractivity contribution in [2.75, 3.05) is 16.4 Å². The van der Waals surface area contributed by atoms with Gasteiger partial charge in [-0.05, 0) is 48.4 Å². The van der Waals surface area contributed by atoms with E-state index in [9.17, 15) is 9.59 Å². The van der Waals surface area contributed by atoms with Crippen molar-refractivity contribution in [1.29, 1.82) is 0 Å².